The molecule has 0 radical (unpaired) electrons. The van der Waals surface area contributed by atoms with Crippen molar-refractivity contribution in [3.63, 3.8) is 0 Å². The fourth-order valence-electron chi connectivity index (χ4n) is 1.32. The van der Waals surface area contributed by atoms with E-state index in [1.807, 2.05) is 13.0 Å². The summed E-state index contributed by atoms with van der Waals surface area (Å²) in [6, 6.07) is 6.57. The van der Waals surface area contributed by atoms with Crippen LogP contribution in [0.15, 0.2) is 29.3 Å². The van der Waals surface area contributed by atoms with Crippen LogP contribution in [0.1, 0.15) is 18.9 Å². The highest BCUT2D eigenvalue weighted by atomic mass is 127. The second-order valence-electron chi connectivity index (χ2n) is 3.57. The summed E-state index contributed by atoms with van der Waals surface area (Å²) in [5, 5.41) is 2.99. The predicted octanol–water partition coefficient (Wildman–Crippen LogP) is 2.30. The molecule has 0 bridgehead atoms. The maximum atomic E-state index is 12.9. The van der Waals surface area contributed by atoms with Gasteiger partial charge in [0.1, 0.15) is 5.82 Å². The van der Waals surface area contributed by atoms with Gasteiger partial charge in [0, 0.05) is 13.1 Å². The second kappa shape index (κ2) is 9.21. The number of guanidine groups is 1. The van der Waals surface area contributed by atoms with Gasteiger partial charge in [-0.2, -0.15) is 0 Å². The standard InChI is InChI=1S/C12H18FN3.HI/c1-2-7-15-12(14)16-8-6-10-4-3-5-11(13)9-10;/h3-5,9H,2,6-8H2,1H3,(H3,14,15,16);1H. The van der Waals surface area contributed by atoms with Gasteiger partial charge in [0.05, 0.1) is 0 Å². The Kier molecular flexibility index (Phi) is 8.75. The summed E-state index contributed by atoms with van der Waals surface area (Å²) in [5.41, 5.74) is 6.57. The first kappa shape index (κ1) is 16.1. The van der Waals surface area contributed by atoms with Gasteiger partial charge in [0.25, 0.3) is 0 Å². The monoisotopic (exact) mass is 351 g/mol. The Morgan fingerprint density at radius 1 is 1.47 bits per heavy atom. The summed E-state index contributed by atoms with van der Waals surface area (Å²) in [6.45, 7) is 3.45. The summed E-state index contributed by atoms with van der Waals surface area (Å²) in [6.07, 6.45) is 1.71. The highest BCUT2D eigenvalue weighted by Crippen LogP contribution is 2.03. The molecule has 3 nitrogen and oxygen atoms in total. The van der Waals surface area contributed by atoms with Crippen LogP contribution in [-0.2, 0) is 6.42 Å². The summed E-state index contributed by atoms with van der Waals surface area (Å²) in [5.74, 6) is 0.253. The number of hydrogen-bond donors (Lipinski definition) is 2. The SMILES string of the molecule is CCCN=C(N)NCCc1cccc(F)c1.I. The Morgan fingerprint density at radius 2 is 2.24 bits per heavy atom. The minimum atomic E-state index is -0.204. The third-order valence-corrected chi connectivity index (χ3v) is 2.11. The van der Waals surface area contributed by atoms with E-state index < -0.39 is 0 Å². The molecule has 0 saturated carbocycles. The van der Waals surface area contributed by atoms with Crippen molar-refractivity contribution in [3.05, 3.63) is 35.6 Å². The van der Waals surface area contributed by atoms with E-state index in [2.05, 4.69) is 10.3 Å². The summed E-state index contributed by atoms with van der Waals surface area (Å²) in [7, 11) is 0. The summed E-state index contributed by atoms with van der Waals surface area (Å²) < 4.78 is 12.9. The van der Waals surface area contributed by atoms with Crippen LogP contribution < -0.4 is 11.1 Å². The molecule has 0 amide bonds. The zero-order valence-corrected chi connectivity index (χ0v) is 12.3. The largest absolute Gasteiger partial charge is 0.370 e. The maximum Gasteiger partial charge on any atom is 0.188 e. The minimum Gasteiger partial charge on any atom is -0.370 e. The Bertz CT molecular complexity index is 355. The van der Waals surface area contributed by atoms with Gasteiger partial charge in [-0.3, -0.25) is 4.99 Å². The molecule has 0 saturated heterocycles. The Hall–Kier alpha value is -0.850. The van der Waals surface area contributed by atoms with Crippen molar-refractivity contribution >= 4 is 29.9 Å². The number of aliphatic imine (C=N–C) groups is 1. The molecule has 0 aliphatic carbocycles. The normalized spacial score (nSPS) is 10.8. The van der Waals surface area contributed by atoms with Gasteiger partial charge in [-0.25, -0.2) is 4.39 Å². The summed E-state index contributed by atoms with van der Waals surface area (Å²) in [4.78, 5) is 4.10. The Labute approximate surface area is 119 Å². The van der Waals surface area contributed by atoms with Crippen molar-refractivity contribution in [2.45, 2.75) is 19.8 Å². The van der Waals surface area contributed by atoms with E-state index >= 15 is 0 Å². The molecule has 1 rings (SSSR count). The molecule has 0 aliphatic rings. The maximum absolute atomic E-state index is 12.9. The molecular formula is C12H19FIN3. The number of nitrogens with one attached hydrogen (secondary N) is 1. The summed E-state index contributed by atoms with van der Waals surface area (Å²) >= 11 is 0. The van der Waals surface area contributed by atoms with E-state index in [4.69, 9.17) is 5.73 Å². The van der Waals surface area contributed by atoms with Gasteiger partial charge in [-0.1, -0.05) is 19.1 Å². The molecular weight excluding hydrogens is 332 g/mol. The van der Waals surface area contributed by atoms with Crippen LogP contribution in [0.2, 0.25) is 0 Å². The van der Waals surface area contributed by atoms with Gasteiger partial charge >= 0.3 is 0 Å². The van der Waals surface area contributed by atoms with Crippen LogP contribution in [0.25, 0.3) is 0 Å². The molecule has 0 atom stereocenters. The lowest BCUT2D eigenvalue weighted by molar-refractivity contribution is 0.625. The molecule has 96 valence electrons. The Morgan fingerprint density at radius 3 is 2.88 bits per heavy atom. The molecule has 0 unspecified atom stereocenters. The quantitative estimate of drug-likeness (QED) is 0.486. The molecule has 1 aromatic carbocycles. The Balaban J connectivity index is 0.00000256. The third kappa shape index (κ3) is 7.14. The predicted molar refractivity (Wildman–Crippen MR) is 80.3 cm³/mol. The van der Waals surface area contributed by atoms with Gasteiger partial charge < -0.3 is 11.1 Å². The molecule has 17 heavy (non-hydrogen) atoms. The fraction of sp³-hybridized carbons (Fsp3) is 0.417. The first-order valence-corrected chi connectivity index (χ1v) is 5.50. The molecule has 0 aliphatic heterocycles. The van der Waals surface area contributed by atoms with Crippen molar-refractivity contribution in [2.75, 3.05) is 13.1 Å². The molecule has 0 aromatic heterocycles. The number of nitrogens with two attached hydrogens (primary N) is 1. The molecule has 1 aromatic rings. The average molecular weight is 351 g/mol. The lowest BCUT2D eigenvalue weighted by Crippen LogP contribution is -2.33. The van der Waals surface area contributed by atoms with Gasteiger partial charge in [-0.15, -0.1) is 24.0 Å². The number of halogens is 2. The average Bonchev–Trinajstić information content (AvgIpc) is 2.26. The number of nitrogens with zero attached hydrogens (tertiary/aromatic N) is 1. The van der Waals surface area contributed by atoms with Crippen molar-refractivity contribution < 1.29 is 4.39 Å². The van der Waals surface area contributed by atoms with Gasteiger partial charge in [0.2, 0.25) is 0 Å². The van der Waals surface area contributed by atoms with E-state index in [1.165, 1.54) is 12.1 Å². The minimum absolute atomic E-state index is 0. The van der Waals surface area contributed by atoms with Crippen LogP contribution in [0.4, 0.5) is 4.39 Å². The molecule has 0 fully saturated rings. The zero-order valence-electron chi connectivity index (χ0n) is 9.95. The number of rotatable bonds is 5. The van der Waals surface area contributed by atoms with Crippen LogP contribution in [-0.4, -0.2) is 19.0 Å². The highest BCUT2D eigenvalue weighted by molar-refractivity contribution is 14.0. The van der Waals surface area contributed by atoms with Gasteiger partial charge in [0.15, 0.2) is 5.96 Å². The van der Waals surface area contributed by atoms with E-state index in [0.29, 0.717) is 12.5 Å². The van der Waals surface area contributed by atoms with Crippen LogP contribution >= 0.6 is 24.0 Å². The second-order valence-corrected chi connectivity index (χ2v) is 3.57. The lowest BCUT2D eigenvalue weighted by Gasteiger charge is -2.05. The van der Waals surface area contributed by atoms with E-state index in [-0.39, 0.29) is 29.8 Å². The lowest BCUT2D eigenvalue weighted by atomic mass is 10.1. The topological polar surface area (TPSA) is 50.4 Å². The highest BCUT2D eigenvalue weighted by Gasteiger charge is 1.95. The van der Waals surface area contributed by atoms with Crippen molar-refractivity contribution in [1.29, 1.82) is 0 Å². The van der Waals surface area contributed by atoms with Crippen LogP contribution in [0.3, 0.4) is 0 Å². The van der Waals surface area contributed by atoms with Crippen molar-refractivity contribution in [2.24, 2.45) is 10.7 Å². The molecule has 0 heterocycles. The van der Waals surface area contributed by atoms with E-state index in [1.54, 1.807) is 6.07 Å². The zero-order chi connectivity index (χ0) is 11.8. The number of hydrogen-bond acceptors (Lipinski definition) is 1. The van der Waals surface area contributed by atoms with E-state index in [9.17, 15) is 4.39 Å². The molecule has 0 spiro atoms. The van der Waals surface area contributed by atoms with Crippen molar-refractivity contribution in [3.8, 4) is 0 Å². The van der Waals surface area contributed by atoms with Crippen LogP contribution in [0.5, 0.6) is 0 Å². The van der Waals surface area contributed by atoms with Crippen LogP contribution in [0, 0.1) is 5.82 Å². The fourth-order valence-corrected chi connectivity index (χ4v) is 1.32. The molecule has 5 heteroatoms. The molecule has 3 N–H and O–H groups in total. The van der Waals surface area contributed by atoms with E-state index in [0.717, 1.165) is 24.9 Å². The first-order valence-electron chi connectivity index (χ1n) is 5.50. The van der Waals surface area contributed by atoms with Gasteiger partial charge in [-0.05, 0) is 30.5 Å². The smallest absolute Gasteiger partial charge is 0.188 e. The first-order chi connectivity index (χ1) is 7.72. The van der Waals surface area contributed by atoms with Crippen molar-refractivity contribution in [1.82, 2.24) is 5.32 Å². The number of benzene rings is 1. The third-order valence-electron chi connectivity index (χ3n) is 2.11.